The van der Waals surface area contributed by atoms with Gasteiger partial charge in [0.1, 0.15) is 22.0 Å². The molecule has 1 atom stereocenters. The minimum absolute atomic E-state index is 0.0210. The van der Waals surface area contributed by atoms with Gasteiger partial charge in [0.2, 0.25) is 0 Å². The second-order valence-corrected chi connectivity index (χ2v) is 21.3. The van der Waals surface area contributed by atoms with Crippen molar-refractivity contribution in [2.45, 2.75) is 100 Å². The predicted molar refractivity (Wildman–Crippen MR) is 248 cm³/mol. The van der Waals surface area contributed by atoms with Crippen LogP contribution in [0.2, 0.25) is 0 Å². The van der Waals surface area contributed by atoms with Gasteiger partial charge in [0.05, 0.1) is 35.9 Å². The molecule has 2 N–H and O–H groups in total. The Labute approximate surface area is 379 Å². The molecule has 1 spiro atoms. The number of thioether (sulfide) groups is 1. The van der Waals surface area contributed by atoms with E-state index in [1.165, 1.54) is 22.9 Å². The third-order valence-electron chi connectivity index (χ3n) is 14.1. The molecule has 2 aromatic carbocycles. The molecule has 0 unspecified atom stereocenters. The molecule has 9 rings (SSSR count). The zero-order valence-corrected chi connectivity index (χ0v) is 38.3. The number of hydrogen-bond donors (Lipinski definition) is 2. The van der Waals surface area contributed by atoms with Crippen LogP contribution in [-0.2, 0) is 14.8 Å². The molecule has 64 heavy (non-hydrogen) atoms. The Morgan fingerprint density at radius 2 is 1.81 bits per heavy atom. The first kappa shape index (κ1) is 44.2. The van der Waals surface area contributed by atoms with Crippen molar-refractivity contribution in [3.63, 3.8) is 0 Å². The maximum absolute atomic E-state index is 14.0. The second-order valence-electron chi connectivity index (χ2n) is 18.7. The number of pyridine rings is 2. The third-order valence-corrected chi connectivity index (χ3v) is 16.6. The van der Waals surface area contributed by atoms with Crippen molar-refractivity contribution in [1.29, 1.82) is 0 Å². The molecule has 1 amide bonds. The molecule has 2 aliphatic carbocycles. The van der Waals surface area contributed by atoms with Gasteiger partial charge in [-0.05, 0) is 97.1 Å². The molecular formula is C48H57N7O7S2. The first-order valence-corrected chi connectivity index (χ1v) is 25.1. The van der Waals surface area contributed by atoms with Crippen molar-refractivity contribution < 1.29 is 27.6 Å². The quantitative estimate of drug-likeness (QED) is 0.0652. The van der Waals surface area contributed by atoms with Gasteiger partial charge in [0, 0.05) is 67.0 Å². The number of anilines is 1. The van der Waals surface area contributed by atoms with Gasteiger partial charge in [-0.3, -0.25) is 19.8 Å². The number of benzene rings is 2. The van der Waals surface area contributed by atoms with Crippen LogP contribution in [0.25, 0.3) is 11.0 Å². The van der Waals surface area contributed by atoms with Crippen LogP contribution in [-0.4, -0.2) is 83.7 Å². The number of nitrogens with one attached hydrogen (secondary N) is 2. The molecule has 5 heterocycles. The van der Waals surface area contributed by atoms with Crippen LogP contribution in [0.1, 0.15) is 106 Å². The Morgan fingerprint density at radius 1 is 1.03 bits per heavy atom. The minimum Gasteiger partial charge on any atom is -0.455 e. The number of piperidine rings is 1. The topological polar surface area (TPSA) is 173 Å². The van der Waals surface area contributed by atoms with Crippen LogP contribution >= 0.6 is 11.8 Å². The molecule has 3 aromatic heterocycles. The predicted octanol–water partition coefficient (Wildman–Crippen LogP) is 9.64. The molecule has 16 heteroatoms. The Morgan fingerprint density at radius 3 is 2.58 bits per heavy atom. The minimum atomic E-state index is -4.58. The van der Waals surface area contributed by atoms with Gasteiger partial charge in [-0.2, -0.15) is 0 Å². The number of ether oxygens (including phenoxy) is 2. The summed E-state index contributed by atoms with van der Waals surface area (Å²) in [5.74, 6) is 1.78. The van der Waals surface area contributed by atoms with E-state index >= 15 is 0 Å². The zero-order chi connectivity index (χ0) is 44.6. The van der Waals surface area contributed by atoms with Gasteiger partial charge < -0.3 is 19.4 Å². The van der Waals surface area contributed by atoms with Gasteiger partial charge in [-0.1, -0.05) is 69.6 Å². The van der Waals surface area contributed by atoms with Crippen molar-refractivity contribution in [3.8, 4) is 11.5 Å². The highest BCUT2D eigenvalue weighted by atomic mass is 32.2. The number of carbonyl (C=O) groups is 1. The summed E-state index contributed by atoms with van der Waals surface area (Å²) in [6.07, 6.45) is 13.1. The fourth-order valence-electron chi connectivity index (χ4n) is 10.3. The fourth-order valence-corrected chi connectivity index (χ4v) is 12.4. The van der Waals surface area contributed by atoms with E-state index in [1.807, 2.05) is 12.1 Å². The lowest BCUT2D eigenvalue weighted by Gasteiger charge is -2.57. The molecule has 0 radical (unpaired) electrons. The molecule has 4 fully saturated rings. The Kier molecular flexibility index (Phi) is 12.7. The number of fused-ring (bicyclic) bond motifs is 1. The molecule has 2 saturated heterocycles. The number of carbonyl (C=O) groups excluding carboxylic acids is 1. The summed E-state index contributed by atoms with van der Waals surface area (Å²) in [7, 11) is -4.58. The Balaban J connectivity index is 0.901. The van der Waals surface area contributed by atoms with E-state index < -0.39 is 31.4 Å². The van der Waals surface area contributed by atoms with Crippen LogP contribution in [0.4, 0.5) is 11.4 Å². The van der Waals surface area contributed by atoms with E-state index in [0.29, 0.717) is 47.6 Å². The summed E-state index contributed by atoms with van der Waals surface area (Å²) in [5, 5.41) is 13.1. The summed E-state index contributed by atoms with van der Waals surface area (Å²) in [6, 6.07) is 19.4. The number of aromatic nitrogens is 3. The van der Waals surface area contributed by atoms with Crippen LogP contribution < -0.4 is 14.4 Å². The average Bonchev–Trinajstić information content (AvgIpc) is 3.76. The Bertz CT molecular complexity index is 2610. The maximum Gasteiger partial charge on any atom is 0.302 e. The molecule has 4 aliphatic rings. The van der Waals surface area contributed by atoms with Crippen LogP contribution in [0.5, 0.6) is 11.5 Å². The molecule has 2 saturated carbocycles. The summed E-state index contributed by atoms with van der Waals surface area (Å²) < 4.78 is 42.0. The number of aromatic amines is 1. The number of morpholine rings is 1. The van der Waals surface area contributed by atoms with Gasteiger partial charge in [0.25, 0.3) is 15.9 Å². The van der Waals surface area contributed by atoms with E-state index in [0.717, 1.165) is 101 Å². The summed E-state index contributed by atoms with van der Waals surface area (Å²) in [6.45, 7) is 10.8. The molecule has 2 aliphatic heterocycles. The largest absolute Gasteiger partial charge is 0.455 e. The summed E-state index contributed by atoms with van der Waals surface area (Å²) in [4.78, 5) is 41.7. The number of rotatable bonds is 13. The van der Waals surface area contributed by atoms with E-state index in [1.54, 1.807) is 30.6 Å². The van der Waals surface area contributed by atoms with Gasteiger partial charge in [-0.25, -0.2) is 23.1 Å². The lowest BCUT2D eigenvalue weighted by atomic mass is 9.59. The lowest BCUT2D eigenvalue weighted by Crippen LogP contribution is -2.58. The number of nitrogens with zero attached hydrogens (tertiary/aromatic N) is 5. The zero-order valence-electron chi connectivity index (χ0n) is 36.7. The third kappa shape index (κ3) is 9.38. The van der Waals surface area contributed by atoms with Crippen LogP contribution in [0, 0.1) is 27.4 Å². The molecule has 5 aromatic rings. The van der Waals surface area contributed by atoms with Crippen molar-refractivity contribution in [1.82, 2.24) is 24.6 Å². The highest BCUT2D eigenvalue weighted by Gasteiger charge is 2.49. The standard InChI is InChI=1S/C48H57N7O7S2/c1-31(2)39-6-4-5-7-40(39)43-29-61-21-20-54(43)36-25-48(26-36)15-18-53(19-16-48)35-12-13-41(44(23-35)62-37-22-34-14-17-49-45(34)50-27-37)46(56)52-64(59,60)38-24-42(55(57)58)47(51-28-38)63-30-33-10-8-32(3)9-11-33/h4-7,12-14,17,22-24,27-28,31-33,36,43H,8-11,15-16,18-21,25-26,29-30H2,1-3H3,(H,49,50)(H,52,56)/t32?,33?,43-/m0/s1. The number of nitro groups is 1. The van der Waals surface area contributed by atoms with Crippen LogP contribution in [0.15, 0.2) is 89.2 Å². The molecular weight excluding hydrogens is 851 g/mol. The first-order valence-electron chi connectivity index (χ1n) is 22.6. The number of sulfonamides is 1. The van der Waals surface area contributed by atoms with Crippen LogP contribution in [0.3, 0.4) is 0 Å². The number of H-pyrrole nitrogens is 1. The maximum atomic E-state index is 14.0. The second kappa shape index (κ2) is 18.5. The SMILES string of the molecule is CC1CCC(CSc2ncc(S(=O)(=O)NC(=O)c3ccc(N4CCC5(CC4)CC(N4CCOC[C@H]4c4ccccc4C(C)C)C5)cc3Oc3cnc4[nH]ccc4c3)cc2[N+](=O)[O-])CC1. The van der Waals surface area contributed by atoms with E-state index in [-0.39, 0.29) is 27.8 Å². The highest BCUT2D eigenvalue weighted by molar-refractivity contribution is 7.99. The Hall–Kier alpha value is -5.03. The molecule has 0 bridgehead atoms. The lowest BCUT2D eigenvalue weighted by molar-refractivity contribution is -0.388. The van der Waals surface area contributed by atoms with Gasteiger partial charge in [-0.15, -0.1) is 0 Å². The smallest absolute Gasteiger partial charge is 0.302 e. The van der Waals surface area contributed by atoms with E-state index in [4.69, 9.17) is 9.47 Å². The van der Waals surface area contributed by atoms with E-state index in [2.05, 4.69) is 74.5 Å². The fraction of sp³-hybridized carbons (Fsp3) is 0.479. The normalized spacial score (nSPS) is 21.8. The van der Waals surface area contributed by atoms with Crippen molar-refractivity contribution in [2.24, 2.45) is 17.3 Å². The van der Waals surface area contributed by atoms with Gasteiger partial charge >= 0.3 is 5.69 Å². The highest BCUT2D eigenvalue weighted by Crippen LogP contribution is 2.53. The average molecular weight is 908 g/mol. The number of hydrogen-bond acceptors (Lipinski definition) is 12. The molecule has 338 valence electrons. The monoisotopic (exact) mass is 907 g/mol. The van der Waals surface area contributed by atoms with Crippen molar-refractivity contribution >= 4 is 50.1 Å². The van der Waals surface area contributed by atoms with E-state index in [9.17, 15) is 23.3 Å². The number of amides is 1. The first-order chi connectivity index (χ1) is 30.8. The van der Waals surface area contributed by atoms with Crippen molar-refractivity contribution in [3.05, 3.63) is 106 Å². The van der Waals surface area contributed by atoms with Gasteiger partial charge in [0.15, 0.2) is 5.03 Å². The van der Waals surface area contributed by atoms with Crippen molar-refractivity contribution in [2.75, 3.05) is 43.5 Å². The molecule has 14 nitrogen and oxygen atoms in total. The summed E-state index contributed by atoms with van der Waals surface area (Å²) >= 11 is 1.27. The summed E-state index contributed by atoms with van der Waals surface area (Å²) in [5.41, 5.74) is 4.13.